The molecule has 0 amide bonds. The Labute approximate surface area is 189 Å². The fourth-order valence-corrected chi connectivity index (χ4v) is 5.16. The predicted octanol–water partition coefficient (Wildman–Crippen LogP) is 8.56. The highest BCUT2D eigenvalue weighted by molar-refractivity contribution is 6.02. The minimum atomic E-state index is 0.607. The predicted molar refractivity (Wildman–Crippen MR) is 135 cm³/mol. The molecular weight excluding hydrogens is 386 g/mol. The average Bonchev–Trinajstić information content (AvgIpc) is 3.16. The van der Waals surface area contributed by atoms with E-state index in [1.54, 1.807) is 0 Å². The highest BCUT2D eigenvalue weighted by Crippen LogP contribution is 2.62. The number of rotatable bonds is 4. The zero-order valence-electron chi connectivity index (χ0n) is 17.9. The summed E-state index contributed by atoms with van der Waals surface area (Å²) in [7, 11) is 0. The monoisotopic (exact) mass is 410 g/mol. The van der Waals surface area contributed by atoms with Crippen LogP contribution in [0.2, 0.25) is 0 Å². The minimum Gasteiger partial charge on any atom is -0.193 e. The number of para-hydroxylation sites is 3. The Kier molecular flexibility index (Phi) is 4.49. The van der Waals surface area contributed by atoms with Gasteiger partial charge in [0.25, 0.3) is 0 Å². The van der Waals surface area contributed by atoms with Crippen molar-refractivity contribution in [2.24, 2.45) is 0 Å². The van der Waals surface area contributed by atoms with Crippen molar-refractivity contribution in [3.05, 3.63) is 145 Å². The average molecular weight is 411 g/mol. The van der Waals surface area contributed by atoms with Gasteiger partial charge in [0.1, 0.15) is 11.4 Å². The zero-order chi connectivity index (χ0) is 21.4. The molecule has 1 heterocycles. The molecule has 0 radical (unpaired) electrons. The number of benzene rings is 5. The van der Waals surface area contributed by atoms with Crippen molar-refractivity contribution in [1.29, 1.82) is 0 Å². The van der Waals surface area contributed by atoms with Gasteiger partial charge in [0.15, 0.2) is 11.4 Å². The summed E-state index contributed by atoms with van der Waals surface area (Å²) in [6.45, 7) is 0. The summed E-state index contributed by atoms with van der Waals surface area (Å²) in [5.41, 5.74) is 10.4. The van der Waals surface area contributed by atoms with E-state index in [0.29, 0.717) is 4.48 Å². The highest BCUT2D eigenvalue weighted by Gasteiger charge is 2.47. The topological polar surface area (TPSA) is 0 Å². The van der Waals surface area contributed by atoms with E-state index in [-0.39, 0.29) is 0 Å². The minimum absolute atomic E-state index is 0.607. The van der Waals surface area contributed by atoms with Gasteiger partial charge in [0.2, 0.25) is 0 Å². The van der Waals surface area contributed by atoms with E-state index in [0.717, 1.165) is 6.42 Å². The van der Waals surface area contributed by atoms with Crippen molar-refractivity contribution in [3.63, 3.8) is 0 Å². The summed E-state index contributed by atoms with van der Waals surface area (Å²) in [6, 6.07) is 48.4. The standard InChI is InChI=1S/C31H24N/c1-4-12-24(13-5-1)22-25-20-21-29-28-18-10-11-19-30(28)32(31(29)23-25,26-14-6-2-7-15-26)27-16-8-3-9-17-27/h1-21,23H,22H2/q+1. The molecule has 1 nitrogen and oxygen atoms in total. The van der Waals surface area contributed by atoms with Crippen LogP contribution in [0.1, 0.15) is 11.1 Å². The second kappa shape index (κ2) is 7.64. The molecule has 0 bridgehead atoms. The fourth-order valence-electron chi connectivity index (χ4n) is 5.16. The van der Waals surface area contributed by atoms with Gasteiger partial charge < -0.3 is 0 Å². The van der Waals surface area contributed by atoms with Crippen molar-refractivity contribution < 1.29 is 0 Å². The van der Waals surface area contributed by atoms with E-state index in [4.69, 9.17) is 0 Å². The fraction of sp³-hybridized carbons (Fsp3) is 0.0323. The van der Waals surface area contributed by atoms with Gasteiger partial charge in [-0.3, -0.25) is 0 Å². The van der Waals surface area contributed by atoms with Crippen LogP contribution in [0.3, 0.4) is 0 Å². The largest absolute Gasteiger partial charge is 0.193 e. The molecule has 0 saturated carbocycles. The lowest BCUT2D eigenvalue weighted by molar-refractivity contribution is 0.720. The lowest BCUT2D eigenvalue weighted by Crippen LogP contribution is -2.31. The van der Waals surface area contributed by atoms with Gasteiger partial charge in [-0.25, -0.2) is 0 Å². The Morgan fingerprint density at radius 3 is 1.59 bits per heavy atom. The summed E-state index contributed by atoms with van der Waals surface area (Å²) in [5.74, 6) is 0. The van der Waals surface area contributed by atoms with Crippen LogP contribution in [0, 0.1) is 0 Å². The lowest BCUT2D eigenvalue weighted by atomic mass is 10.00. The quantitative estimate of drug-likeness (QED) is 0.255. The molecule has 152 valence electrons. The second-order valence-corrected chi connectivity index (χ2v) is 8.37. The van der Waals surface area contributed by atoms with E-state index in [2.05, 4.69) is 133 Å². The number of fused-ring (bicyclic) bond motifs is 3. The van der Waals surface area contributed by atoms with Crippen molar-refractivity contribution in [2.75, 3.05) is 0 Å². The second-order valence-electron chi connectivity index (χ2n) is 8.37. The molecule has 0 saturated heterocycles. The van der Waals surface area contributed by atoms with Gasteiger partial charge in [0.05, 0.1) is 11.1 Å². The zero-order valence-corrected chi connectivity index (χ0v) is 17.9. The number of quaternary nitrogens is 1. The molecule has 0 aromatic heterocycles. The SMILES string of the molecule is c1ccc(Cc2ccc3c(c2)[N+](c2ccccc2)(c2ccccc2)c2ccccc2-3)cc1. The Morgan fingerprint density at radius 2 is 0.938 bits per heavy atom. The van der Waals surface area contributed by atoms with Crippen LogP contribution >= 0.6 is 0 Å². The van der Waals surface area contributed by atoms with Crippen LogP contribution in [0.4, 0.5) is 22.7 Å². The van der Waals surface area contributed by atoms with Gasteiger partial charge >= 0.3 is 0 Å². The Bertz CT molecular complexity index is 1330. The normalized spacial score (nSPS) is 13.4. The third-order valence-electron chi connectivity index (χ3n) is 6.52. The lowest BCUT2D eigenvalue weighted by Gasteiger charge is -2.34. The number of nitrogens with zero attached hydrogens (tertiary/aromatic N) is 1. The first kappa shape index (κ1) is 18.8. The molecule has 1 aliphatic heterocycles. The molecule has 32 heavy (non-hydrogen) atoms. The molecule has 5 aromatic rings. The first-order valence-corrected chi connectivity index (χ1v) is 11.1. The molecule has 1 heteroatoms. The Morgan fingerprint density at radius 1 is 0.406 bits per heavy atom. The number of hydrogen-bond acceptors (Lipinski definition) is 0. The molecule has 0 fully saturated rings. The molecule has 0 unspecified atom stereocenters. The van der Waals surface area contributed by atoms with Crippen molar-refractivity contribution in [1.82, 2.24) is 4.48 Å². The van der Waals surface area contributed by atoms with Crippen molar-refractivity contribution in [2.45, 2.75) is 6.42 Å². The van der Waals surface area contributed by atoms with Crippen LogP contribution in [-0.4, -0.2) is 0 Å². The van der Waals surface area contributed by atoms with Gasteiger partial charge in [-0.1, -0.05) is 84.9 Å². The Hall–Kier alpha value is -3.94. The molecule has 5 aromatic carbocycles. The first-order valence-electron chi connectivity index (χ1n) is 11.1. The maximum atomic E-state index is 2.42. The summed E-state index contributed by atoms with van der Waals surface area (Å²) in [6.07, 6.45) is 0.925. The molecule has 1 aliphatic rings. The van der Waals surface area contributed by atoms with Crippen LogP contribution in [0.5, 0.6) is 0 Å². The van der Waals surface area contributed by atoms with Gasteiger partial charge in [-0.15, -0.1) is 0 Å². The number of hydrogen-bond donors (Lipinski definition) is 0. The smallest absolute Gasteiger partial charge is 0.156 e. The van der Waals surface area contributed by atoms with Crippen LogP contribution in [0.25, 0.3) is 11.1 Å². The van der Waals surface area contributed by atoms with Crippen LogP contribution in [0.15, 0.2) is 133 Å². The van der Waals surface area contributed by atoms with E-state index in [1.165, 1.54) is 45.0 Å². The van der Waals surface area contributed by atoms with Crippen molar-refractivity contribution >= 4 is 22.7 Å². The van der Waals surface area contributed by atoms with Gasteiger partial charge in [-0.05, 0) is 29.7 Å². The third kappa shape index (κ3) is 2.83. The molecule has 0 aliphatic carbocycles. The summed E-state index contributed by atoms with van der Waals surface area (Å²) >= 11 is 0. The van der Waals surface area contributed by atoms with E-state index < -0.39 is 0 Å². The molecular formula is C31H24N+. The summed E-state index contributed by atoms with van der Waals surface area (Å²) in [4.78, 5) is 0. The van der Waals surface area contributed by atoms with E-state index >= 15 is 0 Å². The third-order valence-corrected chi connectivity index (χ3v) is 6.52. The molecule has 0 atom stereocenters. The summed E-state index contributed by atoms with van der Waals surface area (Å²) < 4.78 is 0.607. The summed E-state index contributed by atoms with van der Waals surface area (Å²) in [5, 5.41) is 0. The van der Waals surface area contributed by atoms with Crippen LogP contribution in [-0.2, 0) is 6.42 Å². The van der Waals surface area contributed by atoms with Gasteiger partial charge in [0, 0.05) is 36.4 Å². The van der Waals surface area contributed by atoms with Gasteiger partial charge in [-0.2, -0.15) is 4.48 Å². The maximum Gasteiger partial charge on any atom is 0.156 e. The molecule has 0 N–H and O–H groups in total. The van der Waals surface area contributed by atoms with E-state index in [9.17, 15) is 0 Å². The van der Waals surface area contributed by atoms with Crippen molar-refractivity contribution in [3.8, 4) is 11.1 Å². The first-order chi connectivity index (χ1) is 15.9. The highest BCUT2D eigenvalue weighted by atomic mass is 15.4. The molecule has 0 spiro atoms. The van der Waals surface area contributed by atoms with E-state index in [1.807, 2.05) is 0 Å². The van der Waals surface area contributed by atoms with Crippen LogP contribution < -0.4 is 4.48 Å². The maximum absolute atomic E-state index is 2.42. The molecule has 6 rings (SSSR count). The Balaban J connectivity index is 1.65.